The summed E-state index contributed by atoms with van der Waals surface area (Å²) in [5, 5.41) is 3.59. The van der Waals surface area contributed by atoms with Crippen LogP contribution in [-0.4, -0.2) is 35.6 Å². The van der Waals surface area contributed by atoms with E-state index in [4.69, 9.17) is 0 Å². The van der Waals surface area contributed by atoms with Gasteiger partial charge in [0.25, 0.3) is 0 Å². The molecule has 0 saturated carbocycles. The van der Waals surface area contributed by atoms with E-state index >= 15 is 0 Å². The molecule has 3 rings (SSSR count). The first-order chi connectivity index (χ1) is 10.5. The molecule has 1 aliphatic rings. The molecular formula is C16H20F3N3. The molecule has 120 valence electrons. The van der Waals surface area contributed by atoms with Crippen LogP contribution in [0.4, 0.5) is 13.2 Å². The van der Waals surface area contributed by atoms with Crippen molar-refractivity contribution in [3.05, 3.63) is 35.5 Å². The summed E-state index contributed by atoms with van der Waals surface area (Å²) in [6.45, 7) is 7.06. The molecule has 2 heterocycles. The van der Waals surface area contributed by atoms with Gasteiger partial charge in [-0.3, -0.25) is 4.90 Å². The first-order valence-electron chi connectivity index (χ1n) is 7.62. The number of fused-ring (bicyclic) bond motifs is 1. The number of benzene rings is 1. The lowest BCUT2D eigenvalue weighted by Crippen LogP contribution is -2.43. The maximum Gasteiger partial charge on any atom is 0.417 e. The summed E-state index contributed by atoms with van der Waals surface area (Å²) in [4.78, 5) is 2.28. The van der Waals surface area contributed by atoms with Crippen molar-refractivity contribution in [3.8, 4) is 0 Å². The van der Waals surface area contributed by atoms with Gasteiger partial charge in [0.15, 0.2) is 0 Å². The molecule has 22 heavy (non-hydrogen) atoms. The quantitative estimate of drug-likeness (QED) is 0.940. The minimum atomic E-state index is -4.31. The fourth-order valence-corrected chi connectivity index (χ4v) is 3.19. The number of nitrogens with zero attached hydrogens (tertiary/aromatic N) is 2. The molecule has 2 aromatic rings. The predicted octanol–water partition coefficient (Wildman–Crippen LogP) is 3.09. The van der Waals surface area contributed by atoms with Crippen LogP contribution >= 0.6 is 0 Å². The zero-order valence-electron chi connectivity index (χ0n) is 12.6. The Kier molecular flexibility index (Phi) is 4.14. The minimum Gasteiger partial charge on any atom is -0.344 e. The third-order valence-electron chi connectivity index (χ3n) is 4.25. The van der Waals surface area contributed by atoms with E-state index in [1.807, 2.05) is 11.5 Å². The summed E-state index contributed by atoms with van der Waals surface area (Å²) in [6.07, 6.45) is -4.31. The summed E-state index contributed by atoms with van der Waals surface area (Å²) in [6, 6.07) is 6.14. The van der Waals surface area contributed by atoms with Crippen LogP contribution in [0.2, 0.25) is 0 Å². The van der Waals surface area contributed by atoms with Gasteiger partial charge in [-0.2, -0.15) is 13.2 Å². The standard InChI is InChI=1S/C16H20F3N3/c1-2-22-12(11-21-8-6-20-7-9-21)10-13-14(16(17,18)19)4-3-5-15(13)22/h3-5,10,20H,2,6-9,11H2,1H3. The second-order valence-corrected chi connectivity index (χ2v) is 5.64. The van der Waals surface area contributed by atoms with Gasteiger partial charge in [-0.25, -0.2) is 0 Å². The molecule has 6 heteroatoms. The molecule has 0 aliphatic carbocycles. The van der Waals surface area contributed by atoms with Crippen molar-refractivity contribution < 1.29 is 13.2 Å². The Morgan fingerprint density at radius 2 is 1.91 bits per heavy atom. The Labute approximate surface area is 127 Å². The highest BCUT2D eigenvalue weighted by Gasteiger charge is 2.33. The molecule has 0 amide bonds. The van der Waals surface area contributed by atoms with Gasteiger partial charge in [0.2, 0.25) is 0 Å². The van der Waals surface area contributed by atoms with Crippen LogP contribution in [0.15, 0.2) is 24.3 Å². The smallest absolute Gasteiger partial charge is 0.344 e. The number of aromatic nitrogens is 1. The van der Waals surface area contributed by atoms with Crippen molar-refractivity contribution in [1.29, 1.82) is 0 Å². The number of aryl methyl sites for hydroxylation is 1. The van der Waals surface area contributed by atoms with Gasteiger partial charge in [-0.05, 0) is 25.1 Å². The van der Waals surface area contributed by atoms with Crippen LogP contribution in [0, 0.1) is 0 Å². The molecule has 0 bridgehead atoms. The number of nitrogens with one attached hydrogen (secondary N) is 1. The van der Waals surface area contributed by atoms with Crippen molar-refractivity contribution in [2.45, 2.75) is 26.2 Å². The molecule has 1 fully saturated rings. The van der Waals surface area contributed by atoms with Gasteiger partial charge in [0, 0.05) is 55.9 Å². The van der Waals surface area contributed by atoms with Crippen molar-refractivity contribution in [2.75, 3.05) is 26.2 Å². The first-order valence-corrected chi connectivity index (χ1v) is 7.62. The highest BCUT2D eigenvalue weighted by Crippen LogP contribution is 2.36. The second-order valence-electron chi connectivity index (χ2n) is 5.64. The largest absolute Gasteiger partial charge is 0.417 e. The highest BCUT2D eigenvalue weighted by atomic mass is 19.4. The Morgan fingerprint density at radius 3 is 2.55 bits per heavy atom. The van der Waals surface area contributed by atoms with Crippen molar-refractivity contribution in [2.24, 2.45) is 0 Å². The number of rotatable bonds is 3. The zero-order valence-corrected chi connectivity index (χ0v) is 12.6. The van der Waals surface area contributed by atoms with Crippen molar-refractivity contribution in [3.63, 3.8) is 0 Å². The SMILES string of the molecule is CCn1c(CN2CCNCC2)cc2c(C(F)(F)F)cccc21. The third-order valence-corrected chi connectivity index (χ3v) is 4.25. The molecule has 1 aromatic heterocycles. The molecule has 0 radical (unpaired) electrons. The van der Waals surface area contributed by atoms with E-state index in [2.05, 4.69) is 10.2 Å². The minimum absolute atomic E-state index is 0.307. The normalized spacial score (nSPS) is 17.3. The van der Waals surface area contributed by atoms with Crippen molar-refractivity contribution in [1.82, 2.24) is 14.8 Å². The molecule has 0 unspecified atom stereocenters. The van der Waals surface area contributed by atoms with Gasteiger partial charge in [0.05, 0.1) is 5.56 Å². The Hall–Kier alpha value is -1.53. The summed E-state index contributed by atoms with van der Waals surface area (Å²) >= 11 is 0. The van der Waals surface area contributed by atoms with Gasteiger partial charge < -0.3 is 9.88 Å². The molecule has 1 aromatic carbocycles. The average molecular weight is 311 g/mol. The van der Waals surface area contributed by atoms with Gasteiger partial charge >= 0.3 is 6.18 Å². The monoisotopic (exact) mass is 311 g/mol. The van der Waals surface area contributed by atoms with E-state index < -0.39 is 11.7 Å². The summed E-state index contributed by atoms with van der Waals surface area (Å²) in [5.74, 6) is 0. The van der Waals surface area contributed by atoms with E-state index in [1.165, 1.54) is 6.07 Å². The van der Waals surface area contributed by atoms with Crippen LogP contribution in [0.3, 0.4) is 0 Å². The lowest BCUT2D eigenvalue weighted by atomic mass is 10.1. The fraction of sp³-hybridized carbons (Fsp3) is 0.500. The van der Waals surface area contributed by atoms with Crippen molar-refractivity contribution >= 4 is 10.9 Å². The van der Waals surface area contributed by atoms with E-state index in [-0.39, 0.29) is 0 Å². The maximum absolute atomic E-state index is 13.2. The Morgan fingerprint density at radius 1 is 1.18 bits per heavy atom. The zero-order chi connectivity index (χ0) is 15.7. The topological polar surface area (TPSA) is 20.2 Å². The Bertz CT molecular complexity index is 654. The molecule has 1 N–H and O–H groups in total. The van der Waals surface area contributed by atoms with E-state index in [1.54, 1.807) is 12.1 Å². The van der Waals surface area contributed by atoms with Gasteiger partial charge in [-0.15, -0.1) is 0 Å². The molecule has 1 saturated heterocycles. The highest BCUT2D eigenvalue weighted by molar-refractivity contribution is 5.85. The van der Waals surface area contributed by atoms with Gasteiger partial charge in [0.1, 0.15) is 0 Å². The van der Waals surface area contributed by atoms with E-state index in [0.717, 1.165) is 37.9 Å². The summed E-state index contributed by atoms with van der Waals surface area (Å²) in [7, 11) is 0. The van der Waals surface area contributed by atoms with Crippen LogP contribution in [0.25, 0.3) is 10.9 Å². The summed E-state index contributed by atoms with van der Waals surface area (Å²) in [5.41, 5.74) is 1.08. The van der Waals surface area contributed by atoms with Gasteiger partial charge in [-0.1, -0.05) is 6.07 Å². The van der Waals surface area contributed by atoms with Crippen LogP contribution in [0.5, 0.6) is 0 Å². The summed E-state index contributed by atoms with van der Waals surface area (Å²) < 4.78 is 41.6. The Balaban J connectivity index is 2.03. The predicted molar refractivity (Wildman–Crippen MR) is 80.8 cm³/mol. The lowest BCUT2D eigenvalue weighted by molar-refractivity contribution is -0.136. The maximum atomic E-state index is 13.2. The average Bonchev–Trinajstić information content (AvgIpc) is 2.84. The number of hydrogen-bond acceptors (Lipinski definition) is 2. The van der Waals surface area contributed by atoms with Crippen LogP contribution < -0.4 is 5.32 Å². The molecule has 0 atom stereocenters. The molecule has 0 spiro atoms. The third kappa shape index (κ3) is 2.85. The lowest BCUT2D eigenvalue weighted by Gasteiger charge is -2.27. The van der Waals surface area contributed by atoms with Crippen LogP contribution in [0.1, 0.15) is 18.2 Å². The molecule has 3 nitrogen and oxygen atoms in total. The van der Waals surface area contributed by atoms with Crippen LogP contribution in [-0.2, 0) is 19.3 Å². The number of alkyl halides is 3. The number of halogens is 3. The first kappa shape index (κ1) is 15.4. The number of piperazine rings is 1. The second kappa shape index (κ2) is 5.93. The fourth-order valence-electron chi connectivity index (χ4n) is 3.19. The molecule has 1 aliphatic heterocycles. The number of hydrogen-bond donors (Lipinski definition) is 1. The van der Waals surface area contributed by atoms with E-state index in [9.17, 15) is 13.2 Å². The molecular weight excluding hydrogens is 291 g/mol. The van der Waals surface area contributed by atoms with E-state index in [0.29, 0.717) is 24.0 Å².